The minimum Gasteiger partial charge on any atom is -0.318 e. The molecule has 0 radical (unpaired) electrons. The number of carbonyl (C=O) groups excluding carboxylic acids is 1. The molecule has 0 bridgehead atoms. The first-order chi connectivity index (χ1) is 12.6. The lowest BCUT2D eigenvalue weighted by Crippen LogP contribution is -2.32. The van der Waals surface area contributed by atoms with Gasteiger partial charge in [0, 0.05) is 25.1 Å². The van der Waals surface area contributed by atoms with Gasteiger partial charge in [0.2, 0.25) is 5.91 Å². The van der Waals surface area contributed by atoms with Crippen LogP contribution in [0, 0.1) is 10.1 Å². The van der Waals surface area contributed by atoms with Crippen molar-refractivity contribution >= 4 is 28.3 Å². The molecule has 0 N–H and O–H groups in total. The molecule has 0 unspecified atom stereocenters. The number of nitrogens with zero attached hydrogens (tertiary/aromatic N) is 4. The molecule has 2 aromatic carbocycles. The predicted molar refractivity (Wildman–Crippen MR) is 98.3 cm³/mol. The molecule has 7 heteroatoms. The molecule has 0 spiro atoms. The van der Waals surface area contributed by atoms with Crippen LogP contribution in [0.2, 0.25) is 0 Å². The molecule has 0 fully saturated rings. The molecule has 132 valence electrons. The Labute approximate surface area is 150 Å². The molecule has 7 nitrogen and oxygen atoms in total. The first-order valence-electron chi connectivity index (χ1n) is 8.60. The zero-order chi connectivity index (χ0) is 18.3. The third kappa shape index (κ3) is 2.61. The van der Waals surface area contributed by atoms with Crippen molar-refractivity contribution in [1.29, 1.82) is 0 Å². The number of hydrogen-bond donors (Lipinski definition) is 0. The van der Waals surface area contributed by atoms with Crippen LogP contribution in [0.3, 0.4) is 0 Å². The summed E-state index contributed by atoms with van der Waals surface area (Å²) < 4.78 is 1.94. The lowest BCUT2D eigenvalue weighted by molar-refractivity contribution is -0.384. The van der Waals surface area contributed by atoms with Gasteiger partial charge in [-0.15, -0.1) is 0 Å². The summed E-state index contributed by atoms with van der Waals surface area (Å²) in [5, 5.41) is 11.1. The third-order valence-electron chi connectivity index (χ3n) is 4.82. The molecule has 3 aromatic rings. The molecule has 1 aromatic heterocycles. The number of amides is 1. The zero-order valence-electron chi connectivity index (χ0n) is 14.4. The third-order valence-corrected chi connectivity index (χ3v) is 4.82. The van der Waals surface area contributed by atoms with Crippen molar-refractivity contribution in [2.24, 2.45) is 0 Å². The van der Waals surface area contributed by atoms with Gasteiger partial charge in [-0.05, 0) is 24.1 Å². The molecule has 26 heavy (non-hydrogen) atoms. The lowest BCUT2D eigenvalue weighted by Gasteiger charge is -2.18. The average Bonchev–Trinajstić information content (AvgIpc) is 3.22. The maximum absolute atomic E-state index is 13.0. The fourth-order valence-corrected chi connectivity index (χ4v) is 3.53. The second-order valence-corrected chi connectivity index (χ2v) is 6.32. The zero-order valence-corrected chi connectivity index (χ0v) is 14.4. The highest BCUT2D eigenvalue weighted by Gasteiger charge is 2.27. The van der Waals surface area contributed by atoms with E-state index in [0.29, 0.717) is 18.7 Å². The Balaban J connectivity index is 1.67. The number of fused-ring (bicyclic) bond motifs is 2. The molecule has 1 amide bonds. The van der Waals surface area contributed by atoms with Crippen LogP contribution < -0.4 is 4.90 Å². The first-order valence-corrected chi connectivity index (χ1v) is 8.60. The number of aromatic nitrogens is 2. The van der Waals surface area contributed by atoms with Gasteiger partial charge in [0.05, 0.1) is 21.6 Å². The summed E-state index contributed by atoms with van der Waals surface area (Å²) in [6, 6.07) is 12.5. The molecule has 0 atom stereocenters. The second-order valence-electron chi connectivity index (χ2n) is 6.32. The molecule has 1 aliphatic rings. The normalized spacial score (nSPS) is 13.2. The number of aryl methyl sites for hydroxylation is 1. The van der Waals surface area contributed by atoms with E-state index in [1.165, 1.54) is 12.1 Å². The number of rotatable bonds is 4. The molecule has 1 aliphatic heterocycles. The van der Waals surface area contributed by atoms with E-state index in [2.05, 4.69) is 4.98 Å². The summed E-state index contributed by atoms with van der Waals surface area (Å²) in [5.41, 5.74) is 3.42. The quantitative estimate of drug-likeness (QED) is 0.535. The van der Waals surface area contributed by atoms with Crippen LogP contribution >= 0.6 is 0 Å². The van der Waals surface area contributed by atoms with E-state index in [4.69, 9.17) is 0 Å². The average molecular weight is 350 g/mol. The Kier molecular flexibility index (Phi) is 3.91. The highest BCUT2D eigenvalue weighted by molar-refractivity contribution is 5.96. The minimum absolute atomic E-state index is 0.00535. The smallest absolute Gasteiger partial charge is 0.271 e. The number of para-hydroxylation sites is 2. The van der Waals surface area contributed by atoms with Gasteiger partial charge < -0.3 is 9.47 Å². The molecule has 0 saturated heterocycles. The topological polar surface area (TPSA) is 81.3 Å². The highest BCUT2D eigenvalue weighted by Crippen LogP contribution is 2.32. The number of imidazole rings is 1. The number of benzene rings is 2. The van der Waals surface area contributed by atoms with Crippen LogP contribution in [0.1, 0.15) is 18.3 Å². The van der Waals surface area contributed by atoms with Crippen molar-refractivity contribution in [3.8, 4) is 0 Å². The fraction of sp³-hybridized carbons (Fsp3) is 0.263. The van der Waals surface area contributed by atoms with E-state index in [9.17, 15) is 14.9 Å². The van der Waals surface area contributed by atoms with Crippen molar-refractivity contribution in [2.75, 3.05) is 11.4 Å². The van der Waals surface area contributed by atoms with Crippen molar-refractivity contribution < 1.29 is 9.72 Å². The number of hydrogen-bond acceptors (Lipinski definition) is 4. The maximum Gasteiger partial charge on any atom is 0.271 e. The number of non-ortho nitro benzene ring substituents is 1. The van der Waals surface area contributed by atoms with Gasteiger partial charge >= 0.3 is 0 Å². The lowest BCUT2D eigenvalue weighted by atomic mass is 10.1. The van der Waals surface area contributed by atoms with Crippen LogP contribution in [0.25, 0.3) is 11.0 Å². The molecular formula is C19H18N4O3. The van der Waals surface area contributed by atoms with E-state index < -0.39 is 4.92 Å². The summed E-state index contributed by atoms with van der Waals surface area (Å²) in [4.78, 5) is 29.8. The number of anilines is 1. The molecular weight excluding hydrogens is 332 g/mol. The summed E-state index contributed by atoms with van der Waals surface area (Å²) in [5.74, 6) is 0.778. The van der Waals surface area contributed by atoms with Crippen molar-refractivity contribution in [3.63, 3.8) is 0 Å². The largest absolute Gasteiger partial charge is 0.318 e. The van der Waals surface area contributed by atoms with E-state index in [1.807, 2.05) is 35.8 Å². The maximum atomic E-state index is 13.0. The van der Waals surface area contributed by atoms with Crippen LogP contribution in [-0.4, -0.2) is 26.9 Å². The van der Waals surface area contributed by atoms with Gasteiger partial charge in [0.1, 0.15) is 12.4 Å². The van der Waals surface area contributed by atoms with E-state index in [1.54, 1.807) is 11.0 Å². The summed E-state index contributed by atoms with van der Waals surface area (Å²) in [6.45, 7) is 2.73. The Hall–Kier alpha value is -3.22. The van der Waals surface area contributed by atoms with Crippen LogP contribution in [-0.2, 0) is 24.2 Å². The van der Waals surface area contributed by atoms with Gasteiger partial charge in [-0.1, -0.05) is 25.1 Å². The van der Waals surface area contributed by atoms with Crippen molar-refractivity contribution in [3.05, 3.63) is 64.0 Å². The first kappa shape index (κ1) is 16.3. The number of nitro benzene ring substituents is 1. The summed E-state index contributed by atoms with van der Waals surface area (Å²) in [6.07, 6.45) is 1.44. The molecule has 2 heterocycles. The summed E-state index contributed by atoms with van der Waals surface area (Å²) in [7, 11) is 0. The van der Waals surface area contributed by atoms with Gasteiger partial charge in [0.25, 0.3) is 5.69 Å². The van der Waals surface area contributed by atoms with Gasteiger partial charge in [-0.3, -0.25) is 14.9 Å². The van der Waals surface area contributed by atoms with Gasteiger partial charge in [-0.2, -0.15) is 0 Å². The highest BCUT2D eigenvalue weighted by atomic mass is 16.6. The Morgan fingerprint density at radius 2 is 2.08 bits per heavy atom. The second kappa shape index (κ2) is 6.25. The number of carbonyl (C=O) groups is 1. The van der Waals surface area contributed by atoms with E-state index in [-0.39, 0.29) is 18.1 Å². The van der Waals surface area contributed by atoms with Crippen LogP contribution in [0.4, 0.5) is 11.4 Å². The SMILES string of the molecule is CCc1nc2ccccc2n1CC(=O)N1CCc2ccc([N+](=O)[O-])cc21. The predicted octanol–water partition coefficient (Wildman–Crippen LogP) is 3.10. The van der Waals surface area contributed by atoms with E-state index >= 15 is 0 Å². The standard InChI is InChI=1S/C19H18N4O3/c1-2-18-20-15-5-3-4-6-16(15)22(18)12-19(24)21-10-9-13-7-8-14(23(25)26)11-17(13)21/h3-8,11H,2,9-10,12H2,1H3. The Morgan fingerprint density at radius 1 is 1.27 bits per heavy atom. The van der Waals surface area contributed by atoms with E-state index in [0.717, 1.165) is 28.8 Å². The molecule has 0 aliphatic carbocycles. The van der Waals surface area contributed by atoms with Crippen molar-refractivity contribution in [2.45, 2.75) is 26.3 Å². The number of nitro groups is 1. The summed E-state index contributed by atoms with van der Waals surface area (Å²) >= 11 is 0. The molecule has 4 rings (SSSR count). The fourth-order valence-electron chi connectivity index (χ4n) is 3.53. The molecule has 0 saturated carbocycles. The Morgan fingerprint density at radius 3 is 2.85 bits per heavy atom. The minimum atomic E-state index is -0.431. The van der Waals surface area contributed by atoms with Gasteiger partial charge in [-0.25, -0.2) is 4.98 Å². The van der Waals surface area contributed by atoms with Gasteiger partial charge in [0.15, 0.2) is 0 Å². The monoisotopic (exact) mass is 350 g/mol. The van der Waals surface area contributed by atoms with Crippen LogP contribution in [0.15, 0.2) is 42.5 Å². The van der Waals surface area contributed by atoms with Crippen molar-refractivity contribution in [1.82, 2.24) is 9.55 Å². The Bertz CT molecular complexity index is 1020. The van der Waals surface area contributed by atoms with Crippen LogP contribution in [0.5, 0.6) is 0 Å².